The molecule has 0 spiro atoms. The van der Waals surface area contributed by atoms with E-state index < -0.39 is 0 Å². The number of likely N-dealkylation sites (tertiary alicyclic amines) is 1. The van der Waals surface area contributed by atoms with E-state index in [9.17, 15) is 0 Å². The monoisotopic (exact) mass is 310 g/mol. The van der Waals surface area contributed by atoms with Crippen LogP contribution in [-0.2, 0) is 6.54 Å². The van der Waals surface area contributed by atoms with E-state index in [2.05, 4.69) is 29.2 Å². The summed E-state index contributed by atoms with van der Waals surface area (Å²) < 4.78 is 5.78. The minimum atomic E-state index is 0. The third-order valence-electron chi connectivity index (χ3n) is 4.51. The van der Waals surface area contributed by atoms with Crippen LogP contribution in [-0.4, -0.2) is 30.6 Å². The number of benzene rings is 1. The Bertz CT molecular complexity index is 419. The molecule has 0 radical (unpaired) electrons. The molecule has 1 unspecified atom stereocenters. The fourth-order valence-electron chi connectivity index (χ4n) is 2.96. The maximum absolute atomic E-state index is 5.88. The number of hydrogen-bond donors (Lipinski definition) is 1. The third kappa shape index (κ3) is 4.87. The molecule has 0 amide bonds. The van der Waals surface area contributed by atoms with Gasteiger partial charge in [0.05, 0.1) is 6.61 Å². The van der Waals surface area contributed by atoms with E-state index in [4.69, 9.17) is 10.5 Å². The number of halogens is 1. The van der Waals surface area contributed by atoms with Gasteiger partial charge in [-0.1, -0.05) is 18.6 Å². The predicted molar refractivity (Wildman–Crippen MR) is 89.0 cm³/mol. The topological polar surface area (TPSA) is 38.5 Å². The Balaban J connectivity index is 0.00000161. The van der Waals surface area contributed by atoms with Crippen LogP contribution in [0, 0.1) is 5.92 Å². The van der Waals surface area contributed by atoms with Crippen molar-refractivity contribution in [2.75, 3.05) is 19.7 Å². The van der Waals surface area contributed by atoms with Crippen molar-refractivity contribution in [2.24, 2.45) is 11.7 Å². The number of nitrogens with zero attached hydrogens (tertiary/aromatic N) is 1. The van der Waals surface area contributed by atoms with Crippen molar-refractivity contribution >= 4 is 12.4 Å². The first-order valence-corrected chi connectivity index (χ1v) is 8.01. The Morgan fingerprint density at radius 3 is 2.52 bits per heavy atom. The van der Waals surface area contributed by atoms with Gasteiger partial charge in [0.1, 0.15) is 5.75 Å². The molecule has 3 nitrogen and oxygen atoms in total. The second-order valence-corrected chi connectivity index (χ2v) is 6.25. The van der Waals surface area contributed by atoms with Gasteiger partial charge < -0.3 is 10.5 Å². The lowest BCUT2D eigenvalue weighted by Crippen LogP contribution is -2.43. The zero-order chi connectivity index (χ0) is 13.8. The predicted octanol–water partition coefficient (Wildman–Crippen LogP) is 3.21. The maximum Gasteiger partial charge on any atom is 0.119 e. The quantitative estimate of drug-likeness (QED) is 0.877. The van der Waals surface area contributed by atoms with Gasteiger partial charge in [0.15, 0.2) is 0 Å². The molecule has 3 rings (SSSR count). The lowest BCUT2D eigenvalue weighted by molar-refractivity contribution is 0.145. The molecule has 0 aromatic heterocycles. The van der Waals surface area contributed by atoms with Gasteiger partial charge in [-0.25, -0.2) is 0 Å². The Hall–Kier alpha value is -0.770. The molecule has 2 fully saturated rings. The maximum atomic E-state index is 5.88. The highest BCUT2D eigenvalue weighted by Gasteiger charge is 2.22. The minimum absolute atomic E-state index is 0. The largest absolute Gasteiger partial charge is 0.493 e. The molecule has 21 heavy (non-hydrogen) atoms. The highest BCUT2D eigenvalue weighted by Crippen LogP contribution is 2.29. The Kier molecular flexibility index (Phi) is 6.34. The number of piperidine rings is 1. The van der Waals surface area contributed by atoms with Crippen molar-refractivity contribution in [2.45, 2.75) is 44.7 Å². The van der Waals surface area contributed by atoms with Crippen LogP contribution >= 0.6 is 12.4 Å². The fourth-order valence-corrected chi connectivity index (χ4v) is 2.96. The Morgan fingerprint density at radius 1 is 1.10 bits per heavy atom. The second-order valence-electron chi connectivity index (χ2n) is 6.25. The van der Waals surface area contributed by atoms with Crippen molar-refractivity contribution < 1.29 is 4.74 Å². The number of hydrogen-bond acceptors (Lipinski definition) is 3. The highest BCUT2D eigenvalue weighted by atomic mass is 35.5. The molecule has 1 aliphatic carbocycles. The Morgan fingerprint density at radius 2 is 1.86 bits per heavy atom. The Labute approximate surface area is 134 Å². The summed E-state index contributed by atoms with van der Waals surface area (Å²) in [5.74, 6) is 1.82. The molecule has 1 heterocycles. The molecule has 1 aliphatic heterocycles. The van der Waals surface area contributed by atoms with Gasteiger partial charge >= 0.3 is 0 Å². The van der Waals surface area contributed by atoms with Gasteiger partial charge in [-0.15, -0.1) is 12.4 Å². The van der Waals surface area contributed by atoms with Gasteiger partial charge in [0.2, 0.25) is 0 Å². The van der Waals surface area contributed by atoms with Crippen LogP contribution in [0.3, 0.4) is 0 Å². The number of nitrogens with two attached hydrogens (primary N) is 1. The molecule has 4 heteroatoms. The van der Waals surface area contributed by atoms with Crippen molar-refractivity contribution in [3.05, 3.63) is 29.8 Å². The van der Waals surface area contributed by atoms with Crippen LogP contribution in [0.4, 0.5) is 0 Å². The fraction of sp³-hybridized carbons (Fsp3) is 0.647. The molecular weight excluding hydrogens is 284 g/mol. The SMILES string of the molecule is Cl.NCC1CCCCN1Cc1ccc(OCC2CC2)cc1. The normalized spacial score (nSPS) is 22.6. The molecule has 1 aromatic carbocycles. The zero-order valence-corrected chi connectivity index (χ0v) is 13.5. The average molecular weight is 311 g/mol. The number of ether oxygens (including phenoxy) is 1. The molecular formula is C17H27ClN2O. The van der Waals surface area contributed by atoms with E-state index >= 15 is 0 Å². The molecule has 1 atom stereocenters. The van der Waals surface area contributed by atoms with Crippen molar-refractivity contribution in [3.8, 4) is 5.75 Å². The van der Waals surface area contributed by atoms with E-state index in [-0.39, 0.29) is 12.4 Å². The van der Waals surface area contributed by atoms with Crippen molar-refractivity contribution in [1.82, 2.24) is 4.90 Å². The standard InChI is InChI=1S/C17H26N2O.ClH/c18-11-16-3-1-2-10-19(16)12-14-6-8-17(9-7-14)20-13-15-4-5-15;/h6-9,15-16H,1-5,10-13,18H2;1H. The molecule has 1 saturated heterocycles. The van der Waals surface area contributed by atoms with Crippen LogP contribution in [0.1, 0.15) is 37.7 Å². The minimum Gasteiger partial charge on any atom is -0.493 e. The van der Waals surface area contributed by atoms with Crippen molar-refractivity contribution in [1.29, 1.82) is 0 Å². The van der Waals surface area contributed by atoms with Gasteiger partial charge in [-0.05, 0) is 55.8 Å². The summed E-state index contributed by atoms with van der Waals surface area (Å²) >= 11 is 0. The van der Waals surface area contributed by atoms with Crippen LogP contribution in [0.15, 0.2) is 24.3 Å². The van der Waals surface area contributed by atoms with Crippen LogP contribution in [0.2, 0.25) is 0 Å². The zero-order valence-electron chi connectivity index (χ0n) is 12.7. The van der Waals surface area contributed by atoms with Gasteiger partial charge in [0, 0.05) is 19.1 Å². The molecule has 2 N–H and O–H groups in total. The second kappa shape index (κ2) is 8.02. The van der Waals surface area contributed by atoms with Crippen LogP contribution in [0.25, 0.3) is 0 Å². The summed E-state index contributed by atoms with van der Waals surface area (Å²) in [7, 11) is 0. The first-order valence-electron chi connectivity index (χ1n) is 8.01. The highest BCUT2D eigenvalue weighted by molar-refractivity contribution is 5.85. The van der Waals surface area contributed by atoms with Crippen LogP contribution in [0.5, 0.6) is 5.75 Å². The molecule has 2 aliphatic rings. The first-order chi connectivity index (χ1) is 9.85. The molecule has 1 aromatic rings. The van der Waals surface area contributed by atoms with E-state index in [1.807, 2.05) is 0 Å². The molecule has 0 bridgehead atoms. The van der Waals surface area contributed by atoms with Gasteiger partial charge in [-0.3, -0.25) is 4.90 Å². The van der Waals surface area contributed by atoms with Crippen molar-refractivity contribution in [3.63, 3.8) is 0 Å². The molecule has 1 saturated carbocycles. The average Bonchev–Trinajstić information content (AvgIpc) is 3.31. The summed E-state index contributed by atoms with van der Waals surface area (Å²) in [6.45, 7) is 3.87. The summed E-state index contributed by atoms with van der Waals surface area (Å²) in [5.41, 5.74) is 7.25. The molecule has 118 valence electrons. The van der Waals surface area contributed by atoms with Crippen LogP contribution < -0.4 is 10.5 Å². The third-order valence-corrected chi connectivity index (χ3v) is 4.51. The summed E-state index contributed by atoms with van der Waals surface area (Å²) in [6, 6.07) is 9.18. The summed E-state index contributed by atoms with van der Waals surface area (Å²) in [5, 5.41) is 0. The van der Waals surface area contributed by atoms with E-state index in [1.165, 1.54) is 44.2 Å². The lowest BCUT2D eigenvalue weighted by Gasteiger charge is -2.35. The van der Waals surface area contributed by atoms with Gasteiger partial charge in [-0.2, -0.15) is 0 Å². The first kappa shape index (κ1) is 16.6. The summed E-state index contributed by atoms with van der Waals surface area (Å²) in [4.78, 5) is 2.53. The van der Waals surface area contributed by atoms with E-state index in [0.717, 1.165) is 31.4 Å². The van der Waals surface area contributed by atoms with E-state index in [1.54, 1.807) is 0 Å². The van der Waals surface area contributed by atoms with E-state index in [0.29, 0.717) is 6.04 Å². The lowest BCUT2D eigenvalue weighted by atomic mass is 10.0. The smallest absolute Gasteiger partial charge is 0.119 e. The van der Waals surface area contributed by atoms with Gasteiger partial charge in [0.25, 0.3) is 0 Å². The number of rotatable bonds is 6. The summed E-state index contributed by atoms with van der Waals surface area (Å²) in [6.07, 6.45) is 6.56.